The van der Waals surface area contributed by atoms with E-state index < -0.39 is 0 Å². The van der Waals surface area contributed by atoms with Crippen LogP contribution >= 0.6 is 0 Å². The molecule has 5 rings (SSSR count). The minimum Gasteiger partial charge on any atom is -0.497 e. The Bertz CT molecular complexity index is 1120. The second-order valence-corrected chi connectivity index (χ2v) is 8.99. The number of carbonyl (C=O) groups excluding carboxylic acids is 1. The average Bonchev–Trinajstić information content (AvgIpc) is 3.12. The van der Waals surface area contributed by atoms with Crippen molar-refractivity contribution in [3.8, 4) is 16.9 Å². The first kappa shape index (κ1) is 20.6. The van der Waals surface area contributed by atoms with Gasteiger partial charge in [0.25, 0.3) is 0 Å². The first-order valence-corrected chi connectivity index (χ1v) is 11.4. The van der Waals surface area contributed by atoms with Gasteiger partial charge < -0.3 is 9.64 Å². The van der Waals surface area contributed by atoms with Gasteiger partial charge in [-0.15, -0.1) is 0 Å². The third-order valence-electron chi connectivity index (χ3n) is 7.01. The van der Waals surface area contributed by atoms with Gasteiger partial charge in [0, 0.05) is 18.4 Å². The predicted molar refractivity (Wildman–Crippen MR) is 128 cm³/mol. The summed E-state index contributed by atoms with van der Waals surface area (Å²) in [7, 11) is 1.68. The van der Waals surface area contributed by atoms with Crippen LogP contribution in [0.25, 0.3) is 11.1 Å². The number of carbonyl (C=O) groups is 1. The lowest BCUT2D eigenvalue weighted by Gasteiger charge is -2.30. The van der Waals surface area contributed by atoms with Crippen molar-refractivity contribution in [3.63, 3.8) is 0 Å². The average molecular weight is 424 g/mol. The van der Waals surface area contributed by atoms with E-state index in [1.165, 1.54) is 11.1 Å². The van der Waals surface area contributed by atoms with Crippen molar-refractivity contribution < 1.29 is 9.53 Å². The summed E-state index contributed by atoms with van der Waals surface area (Å²) in [6, 6.07) is 27.2. The van der Waals surface area contributed by atoms with E-state index >= 15 is 0 Å². The smallest absolute Gasteiger partial charge is 0.227 e. The number of rotatable bonds is 5. The van der Waals surface area contributed by atoms with E-state index in [9.17, 15) is 4.79 Å². The molecule has 1 heterocycles. The Morgan fingerprint density at radius 2 is 1.72 bits per heavy atom. The molecule has 0 radical (unpaired) electrons. The Labute approximate surface area is 190 Å². The number of hydrogen-bond donors (Lipinski definition) is 0. The molecule has 2 aliphatic rings. The van der Waals surface area contributed by atoms with Crippen LogP contribution in [0.15, 0.2) is 91.0 Å². The normalized spacial score (nSPS) is 24.4. The van der Waals surface area contributed by atoms with E-state index in [0.29, 0.717) is 12.5 Å². The van der Waals surface area contributed by atoms with Crippen LogP contribution in [0.4, 0.5) is 0 Å². The van der Waals surface area contributed by atoms with E-state index in [0.717, 1.165) is 23.3 Å². The zero-order valence-corrected chi connectivity index (χ0v) is 18.6. The SMILES string of the molecule is COc1ccc(-c2cccc([C@H]3[C@H]4C=CC[C@@H](C)[C@@H]4C(=O)N3Cc3ccccc3)c2)cc1. The van der Waals surface area contributed by atoms with Crippen molar-refractivity contribution in [2.75, 3.05) is 7.11 Å². The Morgan fingerprint density at radius 3 is 2.47 bits per heavy atom. The summed E-state index contributed by atoms with van der Waals surface area (Å²) in [5.41, 5.74) is 4.69. The maximum Gasteiger partial charge on any atom is 0.227 e. The fourth-order valence-corrected chi connectivity index (χ4v) is 5.39. The molecular weight excluding hydrogens is 394 g/mol. The quantitative estimate of drug-likeness (QED) is 0.452. The lowest BCUT2D eigenvalue weighted by molar-refractivity contribution is -0.134. The zero-order valence-electron chi connectivity index (χ0n) is 18.6. The highest BCUT2D eigenvalue weighted by molar-refractivity contribution is 5.83. The molecule has 0 saturated carbocycles. The minimum absolute atomic E-state index is 0.0462. The molecule has 32 heavy (non-hydrogen) atoms. The third kappa shape index (κ3) is 3.73. The first-order chi connectivity index (χ1) is 15.7. The molecule has 1 amide bonds. The lowest BCUT2D eigenvalue weighted by Crippen LogP contribution is -2.30. The topological polar surface area (TPSA) is 29.5 Å². The van der Waals surface area contributed by atoms with Gasteiger partial charge >= 0.3 is 0 Å². The van der Waals surface area contributed by atoms with Crippen molar-refractivity contribution in [3.05, 3.63) is 102 Å². The Hall–Kier alpha value is -3.33. The van der Waals surface area contributed by atoms with Crippen molar-refractivity contribution in [1.82, 2.24) is 4.90 Å². The molecule has 0 aromatic heterocycles. The van der Waals surface area contributed by atoms with Crippen molar-refractivity contribution in [2.45, 2.75) is 25.9 Å². The van der Waals surface area contributed by atoms with Gasteiger partial charge in [0.15, 0.2) is 0 Å². The molecule has 3 heteroatoms. The van der Waals surface area contributed by atoms with Gasteiger partial charge in [-0.05, 0) is 52.8 Å². The van der Waals surface area contributed by atoms with Gasteiger partial charge in [0.2, 0.25) is 5.91 Å². The van der Waals surface area contributed by atoms with Crippen LogP contribution in [0.3, 0.4) is 0 Å². The summed E-state index contributed by atoms with van der Waals surface area (Å²) in [5.74, 6) is 1.77. The van der Waals surface area contributed by atoms with E-state index in [1.807, 2.05) is 30.3 Å². The van der Waals surface area contributed by atoms with Crippen LogP contribution in [0.1, 0.15) is 30.5 Å². The molecule has 4 atom stereocenters. The summed E-state index contributed by atoms with van der Waals surface area (Å²) in [6.07, 6.45) is 5.54. The predicted octanol–water partition coefficient (Wildman–Crippen LogP) is 6.27. The highest BCUT2D eigenvalue weighted by Crippen LogP contribution is 2.49. The molecule has 1 saturated heterocycles. The van der Waals surface area contributed by atoms with Crippen LogP contribution in [-0.4, -0.2) is 17.9 Å². The Balaban J connectivity index is 1.54. The minimum atomic E-state index is 0.0462. The maximum atomic E-state index is 13.6. The third-order valence-corrected chi connectivity index (χ3v) is 7.01. The summed E-state index contributed by atoms with van der Waals surface area (Å²) in [6.45, 7) is 2.86. The number of nitrogens with zero attached hydrogens (tertiary/aromatic N) is 1. The Morgan fingerprint density at radius 1 is 0.938 bits per heavy atom. The van der Waals surface area contributed by atoms with Crippen LogP contribution in [0, 0.1) is 17.8 Å². The van der Waals surface area contributed by atoms with E-state index in [4.69, 9.17) is 4.74 Å². The van der Waals surface area contributed by atoms with Gasteiger partial charge in [0.05, 0.1) is 13.2 Å². The molecule has 1 aliphatic heterocycles. The second kappa shape index (κ2) is 8.66. The van der Waals surface area contributed by atoms with Crippen molar-refractivity contribution >= 4 is 5.91 Å². The summed E-state index contributed by atoms with van der Waals surface area (Å²) >= 11 is 0. The van der Waals surface area contributed by atoms with E-state index in [2.05, 4.69) is 72.5 Å². The van der Waals surface area contributed by atoms with Gasteiger partial charge in [-0.1, -0.05) is 79.7 Å². The van der Waals surface area contributed by atoms with E-state index in [1.54, 1.807) is 7.11 Å². The number of methoxy groups -OCH3 is 1. The van der Waals surface area contributed by atoms with Crippen LogP contribution in [0.2, 0.25) is 0 Å². The van der Waals surface area contributed by atoms with Crippen LogP contribution < -0.4 is 4.74 Å². The number of fused-ring (bicyclic) bond motifs is 1. The van der Waals surface area contributed by atoms with Crippen molar-refractivity contribution in [2.24, 2.45) is 17.8 Å². The molecule has 3 nitrogen and oxygen atoms in total. The van der Waals surface area contributed by atoms with Crippen molar-refractivity contribution in [1.29, 1.82) is 0 Å². The number of ether oxygens (including phenoxy) is 1. The van der Waals surface area contributed by atoms with Gasteiger partial charge in [-0.3, -0.25) is 4.79 Å². The number of likely N-dealkylation sites (tertiary alicyclic amines) is 1. The molecule has 0 N–H and O–H groups in total. The van der Waals surface area contributed by atoms with E-state index in [-0.39, 0.29) is 23.8 Å². The molecule has 0 unspecified atom stereocenters. The molecule has 162 valence electrons. The number of benzene rings is 3. The summed E-state index contributed by atoms with van der Waals surface area (Å²) in [4.78, 5) is 15.8. The van der Waals surface area contributed by atoms with Gasteiger partial charge in [-0.25, -0.2) is 0 Å². The number of hydrogen-bond acceptors (Lipinski definition) is 2. The van der Waals surface area contributed by atoms with Gasteiger partial charge in [0.1, 0.15) is 5.75 Å². The fraction of sp³-hybridized carbons (Fsp3) is 0.276. The molecule has 3 aromatic carbocycles. The second-order valence-electron chi connectivity index (χ2n) is 8.99. The highest BCUT2D eigenvalue weighted by atomic mass is 16.5. The standard InChI is InChI=1S/C29H29NO2/c1-20-8-6-13-26-27(20)29(31)30(19-21-9-4-3-5-10-21)28(26)24-12-7-11-23(18-24)22-14-16-25(32-2)17-15-22/h3-7,9-18,20,26-28H,8,19H2,1-2H3/t20-,26+,27+,28+/m1/s1. The molecule has 0 bridgehead atoms. The van der Waals surface area contributed by atoms with Crippen LogP contribution in [-0.2, 0) is 11.3 Å². The number of amides is 1. The van der Waals surface area contributed by atoms with Crippen LogP contribution in [0.5, 0.6) is 5.75 Å². The maximum absolute atomic E-state index is 13.6. The largest absolute Gasteiger partial charge is 0.497 e. The highest BCUT2D eigenvalue weighted by Gasteiger charge is 2.50. The monoisotopic (exact) mass is 423 g/mol. The first-order valence-electron chi connectivity index (χ1n) is 11.4. The zero-order chi connectivity index (χ0) is 22.1. The Kier molecular flexibility index (Phi) is 5.57. The lowest BCUT2D eigenvalue weighted by atomic mass is 9.75. The molecular formula is C29H29NO2. The number of allylic oxidation sites excluding steroid dienone is 1. The fourth-order valence-electron chi connectivity index (χ4n) is 5.39. The van der Waals surface area contributed by atoms with Gasteiger partial charge in [-0.2, -0.15) is 0 Å². The molecule has 3 aromatic rings. The molecule has 1 fully saturated rings. The summed E-state index contributed by atoms with van der Waals surface area (Å²) < 4.78 is 5.31. The molecule has 0 spiro atoms. The summed E-state index contributed by atoms with van der Waals surface area (Å²) in [5, 5.41) is 0. The molecule has 1 aliphatic carbocycles.